The van der Waals surface area contributed by atoms with E-state index in [1.165, 1.54) is 25.4 Å². The first-order chi connectivity index (χ1) is 19.2. The van der Waals surface area contributed by atoms with Gasteiger partial charge < -0.3 is 14.2 Å². The summed E-state index contributed by atoms with van der Waals surface area (Å²) in [5, 5.41) is 3.15. The minimum absolute atomic E-state index is 0.231. The molecule has 0 saturated heterocycles. The Hall–Kier alpha value is -4.22. The molecule has 4 aromatic rings. The van der Waals surface area contributed by atoms with E-state index >= 15 is 0 Å². The molecule has 11 heteroatoms. The number of carbonyl (C=O) groups is 2. The molecule has 1 N–H and O–H groups in total. The van der Waals surface area contributed by atoms with Gasteiger partial charge in [-0.15, -0.1) is 0 Å². The molecular weight excluding hydrogens is 552 g/mol. The summed E-state index contributed by atoms with van der Waals surface area (Å²) in [7, 11) is -2.05. The van der Waals surface area contributed by atoms with E-state index in [2.05, 4.69) is 10.3 Å². The summed E-state index contributed by atoms with van der Waals surface area (Å²) < 4.78 is 41.8. The van der Waals surface area contributed by atoms with Crippen LogP contribution in [0.25, 0.3) is 0 Å². The topological polar surface area (TPSA) is 121 Å². The molecule has 1 heterocycles. The highest BCUT2D eigenvalue weighted by molar-refractivity contribution is 7.92. The van der Waals surface area contributed by atoms with Crippen molar-refractivity contribution in [2.45, 2.75) is 36.0 Å². The standard InChI is InChI=1S/C29H26N2O7S2/c1-18-3-9-22(10-4-18)38-26(19-7-13-23(14-8-19)40(34,35)24-15-16-24)27(32)31-29-30-17-25(39-29)37-21-11-5-20(6-12-21)28(33)36-2/h3-14,17,24,26H,15-16H2,1-2H3,(H,30,31,32). The smallest absolute Gasteiger partial charge is 0.337 e. The van der Waals surface area contributed by atoms with Crippen molar-refractivity contribution in [2.24, 2.45) is 0 Å². The fourth-order valence-corrected chi connectivity index (χ4v) is 6.21. The van der Waals surface area contributed by atoms with Gasteiger partial charge in [-0.05, 0) is 68.3 Å². The first-order valence-electron chi connectivity index (χ1n) is 12.4. The van der Waals surface area contributed by atoms with E-state index in [-0.39, 0.29) is 15.3 Å². The van der Waals surface area contributed by atoms with Crippen LogP contribution in [0.5, 0.6) is 16.6 Å². The van der Waals surface area contributed by atoms with Gasteiger partial charge in [-0.25, -0.2) is 18.2 Å². The fourth-order valence-electron chi connectivity index (χ4n) is 3.86. The quantitative estimate of drug-likeness (QED) is 0.237. The predicted molar refractivity (Wildman–Crippen MR) is 150 cm³/mol. The van der Waals surface area contributed by atoms with Crippen molar-refractivity contribution in [3.63, 3.8) is 0 Å². The van der Waals surface area contributed by atoms with Gasteiger partial charge >= 0.3 is 5.97 Å². The molecule has 1 unspecified atom stereocenters. The van der Waals surface area contributed by atoms with Crippen molar-refractivity contribution >= 4 is 38.2 Å². The summed E-state index contributed by atoms with van der Waals surface area (Å²) >= 11 is 1.12. The largest absolute Gasteiger partial charge is 0.476 e. The Bertz CT molecular complexity index is 1610. The number of carbonyl (C=O) groups excluding carboxylic acids is 2. The summed E-state index contributed by atoms with van der Waals surface area (Å²) in [6.45, 7) is 1.95. The highest BCUT2D eigenvalue weighted by Gasteiger charge is 2.37. The van der Waals surface area contributed by atoms with Gasteiger partial charge in [-0.2, -0.15) is 0 Å². The van der Waals surface area contributed by atoms with E-state index in [4.69, 9.17) is 14.2 Å². The summed E-state index contributed by atoms with van der Waals surface area (Å²) in [5.41, 5.74) is 1.93. The Morgan fingerprint density at radius 1 is 0.950 bits per heavy atom. The number of anilines is 1. The molecule has 1 aliphatic rings. The second-order valence-electron chi connectivity index (χ2n) is 9.22. The van der Waals surface area contributed by atoms with Crippen LogP contribution >= 0.6 is 11.3 Å². The third-order valence-electron chi connectivity index (χ3n) is 6.20. The number of benzene rings is 3. The van der Waals surface area contributed by atoms with E-state index in [1.807, 2.05) is 19.1 Å². The van der Waals surface area contributed by atoms with E-state index in [0.717, 1.165) is 16.9 Å². The van der Waals surface area contributed by atoms with Gasteiger partial charge in [0, 0.05) is 5.56 Å². The Kier molecular flexibility index (Phi) is 7.85. The van der Waals surface area contributed by atoms with Crippen LogP contribution in [0.1, 0.15) is 40.4 Å². The maximum Gasteiger partial charge on any atom is 0.337 e. The molecule has 3 aromatic carbocycles. The van der Waals surface area contributed by atoms with E-state index < -0.39 is 27.8 Å². The van der Waals surface area contributed by atoms with E-state index in [1.54, 1.807) is 48.5 Å². The lowest BCUT2D eigenvalue weighted by Crippen LogP contribution is -2.25. The van der Waals surface area contributed by atoms with Crippen LogP contribution in [0.2, 0.25) is 0 Å². The molecule has 206 valence electrons. The normalized spacial score (nSPS) is 13.8. The van der Waals surface area contributed by atoms with Gasteiger partial charge in [-0.1, -0.05) is 41.2 Å². The van der Waals surface area contributed by atoms with Gasteiger partial charge in [0.2, 0.25) is 11.2 Å². The van der Waals surface area contributed by atoms with Crippen LogP contribution in [0.3, 0.4) is 0 Å². The monoisotopic (exact) mass is 578 g/mol. The zero-order valence-corrected chi connectivity index (χ0v) is 23.3. The lowest BCUT2D eigenvalue weighted by molar-refractivity contribution is -0.123. The van der Waals surface area contributed by atoms with E-state index in [0.29, 0.717) is 40.5 Å². The third kappa shape index (κ3) is 6.32. The molecule has 1 saturated carbocycles. The van der Waals surface area contributed by atoms with Crippen molar-refractivity contribution < 1.29 is 32.2 Å². The summed E-state index contributed by atoms with van der Waals surface area (Å²) in [6.07, 6.45) is 1.75. The zero-order valence-electron chi connectivity index (χ0n) is 21.7. The Morgan fingerprint density at radius 2 is 1.60 bits per heavy atom. The number of nitrogens with zero attached hydrogens (tertiary/aromatic N) is 1. The van der Waals surface area contributed by atoms with Crippen LogP contribution in [0, 0.1) is 6.92 Å². The SMILES string of the molecule is COC(=O)c1ccc(Oc2cnc(NC(=O)C(Oc3ccc(C)cc3)c3ccc(S(=O)(=O)C4CC4)cc3)s2)cc1. The molecule has 5 rings (SSSR count). The summed E-state index contributed by atoms with van der Waals surface area (Å²) in [4.78, 5) is 29.5. The average molecular weight is 579 g/mol. The molecule has 9 nitrogen and oxygen atoms in total. The fraction of sp³-hybridized carbons (Fsp3) is 0.207. The number of methoxy groups -OCH3 is 1. The minimum Gasteiger partial charge on any atom is -0.476 e. The maximum atomic E-state index is 13.4. The van der Waals surface area contributed by atoms with Crippen LogP contribution in [0.4, 0.5) is 5.13 Å². The second-order valence-corrected chi connectivity index (χ2v) is 12.4. The lowest BCUT2D eigenvalue weighted by Gasteiger charge is -2.19. The van der Waals surface area contributed by atoms with Gasteiger partial charge in [0.1, 0.15) is 11.5 Å². The molecule has 1 fully saturated rings. The van der Waals surface area contributed by atoms with Gasteiger partial charge in [0.15, 0.2) is 15.0 Å². The Morgan fingerprint density at radius 3 is 2.23 bits per heavy atom. The molecule has 0 spiro atoms. The molecule has 0 radical (unpaired) electrons. The number of hydrogen-bond donors (Lipinski definition) is 1. The van der Waals surface area contributed by atoms with Crippen molar-refractivity contribution in [2.75, 3.05) is 12.4 Å². The van der Waals surface area contributed by atoms with Crippen LogP contribution < -0.4 is 14.8 Å². The molecule has 40 heavy (non-hydrogen) atoms. The number of nitrogens with one attached hydrogen (secondary N) is 1. The molecule has 1 aromatic heterocycles. The van der Waals surface area contributed by atoms with Gasteiger partial charge in [-0.3, -0.25) is 10.1 Å². The van der Waals surface area contributed by atoms with Crippen LogP contribution in [0.15, 0.2) is 83.9 Å². The number of sulfone groups is 1. The van der Waals surface area contributed by atoms with Gasteiger partial charge in [0.05, 0.1) is 29.0 Å². The number of thiazole rings is 1. The Balaban J connectivity index is 1.32. The predicted octanol–water partition coefficient (Wildman–Crippen LogP) is 5.73. The number of aryl methyl sites for hydroxylation is 1. The number of ether oxygens (including phenoxy) is 3. The van der Waals surface area contributed by atoms with Crippen LogP contribution in [-0.4, -0.2) is 37.6 Å². The van der Waals surface area contributed by atoms with Crippen molar-refractivity contribution in [1.29, 1.82) is 0 Å². The molecule has 0 aliphatic heterocycles. The maximum absolute atomic E-state index is 13.4. The van der Waals surface area contributed by atoms with Crippen molar-refractivity contribution in [3.05, 3.63) is 95.7 Å². The van der Waals surface area contributed by atoms with Crippen molar-refractivity contribution in [1.82, 2.24) is 4.98 Å². The van der Waals surface area contributed by atoms with Crippen LogP contribution in [-0.2, 0) is 19.4 Å². The summed E-state index contributed by atoms with van der Waals surface area (Å²) in [6, 6.07) is 19.9. The Labute approximate surface area is 235 Å². The number of aromatic nitrogens is 1. The van der Waals surface area contributed by atoms with Crippen molar-refractivity contribution in [3.8, 4) is 16.6 Å². The van der Waals surface area contributed by atoms with E-state index in [9.17, 15) is 18.0 Å². The number of amides is 1. The lowest BCUT2D eigenvalue weighted by atomic mass is 10.1. The molecule has 1 aliphatic carbocycles. The van der Waals surface area contributed by atoms with Gasteiger partial charge in [0.25, 0.3) is 5.91 Å². The molecule has 1 atom stereocenters. The second kappa shape index (κ2) is 11.5. The average Bonchev–Trinajstić information content (AvgIpc) is 3.74. The third-order valence-corrected chi connectivity index (χ3v) is 9.27. The highest BCUT2D eigenvalue weighted by atomic mass is 32.2. The number of hydrogen-bond acceptors (Lipinski definition) is 9. The number of rotatable bonds is 10. The summed E-state index contributed by atoms with van der Waals surface area (Å²) in [5.74, 6) is 0.0348. The first kappa shape index (κ1) is 27.4. The highest BCUT2D eigenvalue weighted by Crippen LogP contribution is 2.35. The first-order valence-corrected chi connectivity index (χ1v) is 14.8. The zero-order chi connectivity index (χ0) is 28.3. The molecule has 0 bridgehead atoms. The molecule has 1 amide bonds. The molecular formula is C29H26N2O7S2. The minimum atomic E-state index is -3.36. The number of esters is 1.